The van der Waals surface area contributed by atoms with Gasteiger partial charge in [-0.3, -0.25) is 4.79 Å². The highest BCUT2D eigenvalue weighted by Crippen LogP contribution is 2.71. The number of hydrogen-bond donors (Lipinski definition) is 1. The predicted octanol–water partition coefficient (Wildman–Crippen LogP) is 2.40. The van der Waals surface area contributed by atoms with Gasteiger partial charge >= 0.3 is 0 Å². The van der Waals surface area contributed by atoms with E-state index in [-0.39, 0.29) is 11.7 Å². The fourth-order valence-electron chi connectivity index (χ4n) is 4.80. The number of rotatable bonds is 0. The highest BCUT2D eigenvalue weighted by atomic mass is 16.3. The lowest BCUT2D eigenvalue weighted by Gasteiger charge is -2.45. The number of carbonyl (C=O) groups excluding carboxylic acids is 1. The van der Waals surface area contributed by atoms with Crippen molar-refractivity contribution in [3.8, 4) is 0 Å². The van der Waals surface area contributed by atoms with E-state index in [9.17, 15) is 9.90 Å². The Kier molecular flexibility index (Phi) is 1.95. The van der Waals surface area contributed by atoms with Crippen LogP contribution in [0.25, 0.3) is 0 Å². The molecule has 3 aliphatic carbocycles. The Hall–Kier alpha value is -0.370. The van der Waals surface area contributed by atoms with Crippen LogP contribution in [0.1, 0.15) is 46.5 Å². The zero-order chi connectivity index (χ0) is 11.7. The van der Waals surface area contributed by atoms with Crippen LogP contribution in [0, 0.1) is 29.1 Å². The third kappa shape index (κ3) is 1.09. The quantitative estimate of drug-likeness (QED) is 0.683. The van der Waals surface area contributed by atoms with Crippen molar-refractivity contribution in [3.63, 3.8) is 0 Å². The van der Waals surface area contributed by atoms with E-state index in [1.807, 2.05) is 0 Å². The maximum atomic E-state index is 12.0. The van der Waals surface area contributed by atoms with Crippen LogP contribution in [0.3, 0.4) is 0 Å². The minimum absolute atomic E-state index is 0.122. The molecule has 90 valence electrons. The van der Waals surface area contributed by atoms with Gasteiger partial charge in [-0.15, -0.1) is 0 Å². The molecule has 0 radical (unpaired) electrons. The van der Waals surface area contributed by atoms with Crippen LogP contribution in [0.4, 0.5) is 0 Å². The molecule has 0 aromatic heterocycles. The second-order valence-electron chi connectivity index (χ2n) is 6.88. The van der Waals surface area contributed by atoms with Crippen molar-refractivity contribution >= 4 is 5.78 Å². The molecule has 0 aromatic rings. The summed E-state index contributed by atoms with van der Waals surface area (Å²) >= 11 is 0. The lowest BCUT2D eigenvalue weighted by atomic mass is 9.62. The molecule has 3 saturated carbocycles. The molecule has 0 spiro atoms. The number of hydrogen-bond acceptors (Lipinski definition) is 2. The van der Waals surface area contributed by atoms with Gasteiger partial charge in [0.1, 0.15) is 5.60 Å². The van der Waals surface area contributed by atoms with Crippen molar-refractivity contribution in [1.82, 2.24) is 0 Å². The SMILES string of the molecule is C[C@@H]1CCC(=O)[C@]2(O)CC[C@@H]3[C@H]([C@H]12)C3(C)C. The van der Waals surface area contributed by atoms with E-state index in [2.05, 4.69) is 20.8 Å². The van der Waals surface area contributed by atoms with Gasteiger partial charge in [0.2, 0.25) is 0 Å². The summed E-state index contributed by atoms with van der Waals surface area (Å²) in [6.07, 6.45) is 3.33. The van der Waals surface area contributed by atoms with E-state index < -0.39 is 5.60 Å². The minimum Gasteiger partial charge on any atom is -0.382 e. The van der Waals surface area contributed by atoms with Crippen molar-refractivity contribution in [3.05, 3.63) is 0 Å². The van der Waals surface area contributed by atoms with Crippen LogP contribution < -0.4 is 0 Å². The Balaban J connectivity index is 1.98. The largest absolute Gasteiger partial charge is 0.382 e. The third-order valence-electron chi connectivity index (χ3n) is 5.84. The van der Waals surface area contributed by atoms with Crippen molar-refractivity contribution in [2.75, 3.05) is 0 Å². The molecule has 1 N–H and O–H groups in total. The molecule has 0 amide bonds. The zero-order valence-electron chi connectivity index (χ0n) is 10.5. The van der Waals surface area contributed by atoms with Crippen molar-refractivity contribution < 1.29 is 9.90 Å². The van der Waals surface area contributed by atoms with Crippen LogP contribution in [0.5, 0.6) is 0 Å². The lowest BCUT2D eigenvalue weighted by Crippen LogP contribution is -2.54. The van der Waals surface area contributed by atoms with Crippen LogP contribution in [0.15, 0.2) is 0 Å². The molecular weight excluding hydrogens is 200 g/mol. The molecule has 0 heterocycles. The van der Waals surface area contributed by atoms with E-state index >= 15 is 0 Å². The third-order valence-corrected chi connectivity index (χ3v) is 5.84. The van der Waals surface area contributed by atoms with Crippen molar-refractivity contribution in [2.45, 2.75) is 52.1 Å². The average molecular weight is 222 g/mol. The summed E-state index contributed by atoms with van der Waals surface area (Å²) < 4.78 is 0. The molecule has 5 atom stereocenters. The van der Waals surface area contributed by atoms with E-state index in [0.29, 0.717) is 30.1 Å². The second kappa shape index (κ2) is 2.90. The Morgan fingerprint density at radius 1 is 1.25 bits per heavy atom. The van der Waals surface area contributed by atoms with E-state index in [0.717, 1.165) is 18.8 Å². The molecular formula is C14H22O2. The summed E-state index contributed by atoms with van der Waals surface area (Å²) in [4.78, 5) is 12.0. The van der Waals surface area contributed by atoms with Gasteiger partial charge in [-0.25, -0.2) is 0 Å². The predicted molar refractivity (Wildman–Crippen MR) is 61.8 cm³/mol. The van der Waals surface area contributed by atoms with E-state index in [1.54, 1.807) is 0 Å². The Morgan fingerprint density at radius 3 is 2.62 bits per heavy atom. The van der Waals surface area contributed by atoms with Gasteiger partial charge in [-0.1, -0.05) is 20.8 Å². The van der Waals surface area contributed by atoms with Gasteiger partial charge in [0.25, 0.3) is 0 Å². The van der Waals surface area contributed by atoms with Gasteiger partial charge in [0, 0.05) is 12.3 Å². The lowest BCUT2D eigenvalue weighted by molar-refractivity contribution is -0.159. The van der Waals surface area contributed by atoms with Crippen LogP contribution in [-0.4, -0.2) is 16.5 Å². The summed E-state index contributed by atoms with van der Waals surface area (Å²) in [5.41, 5.74) is -0.604. The number of ketones is 1. The number of Topliss-reactive ketones (excluding diaryl/α,β-unsaturated/α-hetero) is 1. The first-order valence-electron chi connectivity index (χ1n) is 6.64. The van der Waals surface area contributed by atoms with Crippen LogP contribution in [-0.2, 0) is 4.79 Å². The molecule has 2 nitrogen and oxygen atoms in total. The molecule has 0 unspecified atom stereocenters. The number of aliphatic hydroxyl groups is 1. The minimum atomic E-state index is -0.966. The summed E-state index contributed by atoms with van der Waals surface area (Å²) in [6, 6.07) is 0. The number of fused-ring (bicyclic) bond motifs is 3. The van der Waals surface area contributed by atoms with E-state index in [4.69, 9.17) is 0 Å². The molecule has 3 fully saturated rings. The van der Waals surface area contributed by atoms with Crippen LogP contribution in [0.2, 0.25) is 0 Å². The first-order valence-corrected chi connectivity index (χ1v) is 6.64. The molecule has 0 bridgehead atoms. The maximum absolute atomic E-state index is 12.0. The first kappa shape index (κ1) is 10.8. The van der Waals surface area contributed by atoms with Gasteiger partial charge < -0.3 is 5.11 Å². The monoisotopic (exact) mass is 222 g/mol. The fraction of sp³-hybridized carbons (Fsp3) is 0.929. The van der Waals surface area contributed by atoms with Gasteiger partial charge in [-0.05, 0) is 42.4 Å². The topological polar surface area (TPSA) is 37.3 Å². The van der Waals surface area contributed by atoms with Crippen molar-refractivity contribution in [2.24, 2.45) is 29.1 Å². The molecule has 16 heavy (non-hydrogen) atoms. The number of carbonyl (C=O) groups is 1. The molecule has 3 aliphatic rings. The Morgan fingerprint density at radius 2 is 1.94 bits per heavy atom. The average Bonchev–Trinajstić information content (AvgIpc) is 2.76. The van der Waals surface area contributed by atoms with Crippen LogP contribution >= 0.6 is 0 Å². The first-order chi connectivity index (χ1) is 7.39. The maximum Gasteiger partial charge on any atom is 0.164 e. The summed E-state index contributed by atoms with van der Waals surface area (Å²) in [7, 11) is 0. The van der Waals surface area contributed by atoms with Gasteiger partial charge in [0.05, 0.1) is 0 Å². The zero-order valence-corrected chi connectivity index (χ0v) is 10.5. The highest BCUT2D eigenvalue weighted by molar-refractivity contribution is 5.88. The van der Waals surface area contributed by atoms with Gasteiger partial charge in [-0.2, -0.15) is 0 Å². The summed E-state index contributed by atoms with van der Waals surface area (Å²) in [5.74, 6) is 2.22. The molecule has 0 aliphatic heterocycles. The summed E-state index contributed by atoms with van der Waals surface area (Å²) in [6.45, 7) is 6.83. The molecule has 0 saturated heterocycles. The second-order valence-corrected chi connectivity index (χ2v) is 6.88. The van der Waals surface area contributed by atoms with Gasteiger partial charge in [0.15, 0.2) is 5.78 Å². The Bertz CT molecular complexity index is 347. The Labute approximate surface area is 97.4 Å². The smallest absolute Gasteiger partial charge is 0.164 e. The fourth-order valence-corrected chi connectivity index (χ4v) is 4.80. The molecule has 3 rings (SSSR count). The normalized spacial score (nSPS) is 54.1. The van der Waals surface area contributed by atoms with E-state index in [1.165, 1.54) is 0 Å². The summed E-state index contributed by atoms with van der Waals surface area (Å²) in [5, 5.41) is 10.7. The molecule has 2 heteroatoms. The molecule has 0 aromatic carbocycles. The van der Waals surface area contributed by atoms with Crippen molar-refractivity contribution in [1.29, 1.82) is 0 Å². The highest BCUT2D eigenvalue weighted by Gasteiger charge is 2.70. The standard InChI is InChI=1S/C14H22O2/c1-8-4-5-10(15)14(16)7-6-9-12(11(8)14)13(9,2)3/h8-9,11-12,16H,4-7H2,1-3H3/t8-,9-,11+,12-,14-/m1/s1.